The van der Waals surface area contributed by atoms with Crippen molar-refractivity contribution >= 4 is 0 Å². The second-order valence-electron chi connectivity index (χ2n) is 5.60. The van der Waals surface area contributed by atoms with E-state index in [1.54, 1.807) is 0 Å². The zero-order chi connectivity index (χ0) is 11.2. The lowest BCUT2D eigenvalue weighted by molar-refractivity contribution is -0.0396. The Morgan fingerprint density at radius 2 is 1.87 bits per heavy atom. The fourth-order valence-electron chi connectivity index (χ4n) is 2.50. The highest BCUT2D eigenvalue weighted by atomic mass is 16.5. The molecule has 0 fully saturated rings. The van der Waals surface area contributed by atoms with Gasteiger partial charge in [-0.15, -0.1) is 0 Å². The molecule has 0 bridgehead atoms. The van der Waals surface area contributed by atoms with Gasteiger partial charge in [0.05, 0.1) is 12.2 Å². The van der Waals surface area contributed by atoms with E-state index in [0.29, 0.717) is 0 Å². The predicted octanol–water partition coefficient (Wildman–Crippen LogP) is 4.17. The minimum absolute atomic E-state index is 0.174. The number of rotatable bonds is 0. The third kappa shape index (κ3) is 1.69. The number of hydrogen-bond acceptors (Lipinski definition) is 1. The lowest BCUT2D eigenvalue weighted by Gasteiger charge is -2.27. The molecule has 1 heterocycles. The molecule has 2 atom stereocenters. The molecule has 0 spiro atoms. The molecular formula is C14H20O. The van der Waals surface area contributed by atoms with Gasteiger partial charge in [0.1, 0.15) is 0 Å². The van der Waals surface area contributed by atoms with Gasteiger partial charge in [0.15, 0.2) is 0 Å². The van der Waals surface area contributed by atoms with Crippen LogP contribution in [0.5, 0.6) is 0 Å². The van der Waals surface area contributed by atoms with Crippen LogP contribution in [0.2, 0.25) is 0 Å². The van der Waals surface area contributed by atoms with Gasteiger partial charge in [-0.25, -0.2) is 0 Å². The predicted molar refractivity (Wildman–Crippen MR) is 62.9 cm³/mol. The monoisotopic (exact) mass is 204 g/mol. The maximum atomic E-state index is 6.08. The first-order valence-corrected chi connectivity index (χ1v) is 5.66. The molecule has 82 valence electrons. The molecule has 0 amide bonds. The van der Waals surface area contributed by atoms with Crippen molar-refractivity contribution in [2.24, 2.45) is 5.41 Å². The third-order valence-corrected chi connectivity index (χ3v) is 3.17. The van der Waals surface area contributed by atoms with E-state index in [1.165, 1.54) is 16.7 Å². The molecule has 15 heavy (non-hydrogen) atoms. The van der Waals surface area contributed by atoms with Crippen LogP contribution in [0.25, 0.3) is 0 Å². The van der Waals surface area contributed by atoms with E-state index < -0.39 is 0 Å². The molecule has 1 aromatic carbocycles. The Balaban J connectivity index is 2.52. The van der Waals surface area contributed by atoms with E-state index >= 15 is 0 Å². The van der Waals surface area contributed by atoms with Crippen molar-refractivity contribution in [3.8, 4) is 0 Å². The average molecular weight is 204 g/mol. The highest BCUT2D eigenvalue weighted by Crippen LogP contribution is 2.48. The summed E-state index contributed by atoms with van der Waals surface area (Å²) in [6.07, 6.45) is 0.479. The fourth-order valence-corrected chi connectivity index (χ4v) is 2.50. The smallest absolute Gasteiger partial charge is 0.0885 e. The molecule has 2 unspecified atom stereocenters. The highest BCUT2D eigenvalue weighted by Gasteiger charge is 2.37. The van der Waals surface area contributed by atoms with Gasteiger partial charge in [-0.2, -0.15) is 0 Å². The van der Waals surface area contributed by atoms with Crippen molar-refractivity contribution < 1.29 is 4.74 Å². The first-order valence-electron chi connectivity index (χ1n) is 5.66. The third-order valence-electron chi connectivity index (χ3n) is 3.17. The van der Waals surface area contributed by atoms with Gasteiger partial charge in [0, 0.05) is 0 Å². The Hall–Kier alpha value is -0.820. The molecule has 1 aromatic rings. The molecule has 1 heteroatoms. The maximum absolute atomic E-state index is 6.08. The Kier molecular flexibility index (Phi) is 2.38. The lowest BCUT2D eigenvalue weighted by atomic mass is 9.83. The van der Waals surface area contributed by atoms with Crippen LogP contribution in [0.15, 0.2) is 18.2 Å². The normalized spacial score (nSPS) is 25.4. The number of hydrogen-bond donors (Lipinski definition) is 0. The summed E-state index contributed by atoms with van der Waals surface area (Å²) in [6.45, 7) is 11.0. The average Bonchev–Trinajstić information content (AvgIpc) is 2.44. The maximum Gasteiger partial charge on any atom is 0.0885 e. The molecule has 1 nitrogen and oxygen atoms in total. The quantitative estimate of drug-likeness (QED) is 0.616. The first-order chi connectivity index (χ1) is 6.91. The van der Waals surface area contributed by atoms with Crippen molar-refractivity contribution in [1.82, 2.24) is 0 Å². The summed E-state index contributed by atoms with van der Waals surface area (Å²) in [5.74, 6) is 0. The van der Waals surface area contributed by atoms with Crippen molar-refractivity contribution in [3.63, 3.8) is 0 Å². The van der Waals surface area contributed by atoms with E-state index in [2.05, 4.69) is 52.8 Å². The minimum Gasteiger partial charge on any atom is -0.365 e. The van der Waals surface area contributed by atoms with Crippen molar-refractivity contribution in [2.75, 3.05) is 0 Å². The molecule has 0 aromatic heterocycles. The van der Waals surface area contributed by atoms with Crippen molar-refractivity contribution in [1.29, 1.82) is 0 Å². The summed E-state index contributed by atoms with van der Waals surface area (Å²) in [5, 5.41) is 0. The van der Waals surface area contributed by atoms with E-state index in [-0.39, 0.29) is 17.6 Å². The number of ether oxygens (including phenoxy) is 1. The van der Waals surface area contributed by atoms with Crippen LogP contribution < -0.4 is 0 Å². The number of fused-ring (bicyclic) bond motifs is 1. The molecule has 0 saturated heterocycles. The number of aryl methyl sites for hydroxylation is 1. The van der Waals surface area contributed by atoms with Gasteiger partial charge in [-0.05, 0) is 36.0 Å². The van der Waals surface area contributed by atoms with Gasteiger partial charge >= 0.3 is 0 Å². The largest absolute Gasteiger partial charge is 0.365 e. The van der Waals surface area contributed by atoms with Crippen LogP contribution >= 0.6 is 0 Å². The summed E-state index contributed by atoms with van der Waals surface area (Å²) in [6, 6.07) is 6.51. The van der Waals surface area contributed by atoms with E-state index in [0.717, 1.165) is 0 Å². The minimum atomic E-state index is 0.174. The Bertz CT molecular complexity index is 373. The summed E-state index contributed by atoms with van der Waals surface area (Å²) >= 11 is 0. The van der Waals surface area contributed by atoms with E-state index in [4.69, 9.17) is 4.74 Å². The fraction of sp³-hybridized carbons (Fsp3) is 0.571. The van der Waals surface area contributed by atoms with Crippen molar-refractivity contribution in [2.45, 2.75) is 46.8 Å². The summed E-state index contributed by atoms with van der Waals surface area (Å²) in [5.41, 5.74) is 4.31. The Morgan fingerprint density at radius 3 is 2.47 bits per heavy atom. The van der Waals surface area contributed by atoms with Crippen LogP contribution in [0.4, 0.5) is 0 Å². The first kappa shape index (κ1) is 10.7. The topological polar surface area (TPSA) is 9.23 Å². The standard InChI is InChI=1S/C14H20O/c1-9-7-6-8-11-12(9)10(2)15-13(11)14(3,4)5/h6-8,10,13H,1-5H3. The molecule has 2 rings (SSSR count). The van der Waals surface area contributed by atoms with Gasteiger partial charge in [-0.1, -0.05) is 39.0 Å². The Labute approximate surface area is 92.5 Å². The van der Waals surface area contributed by atoms with Gasteiger partial charge in [-0.3, -0.25) is 0 Å². The highest BCUT2D eigenvalue weighted by molar-refractivity contribution is 5.40. The number of benzene rings is 1. The molecule has 0 N–H and O–H groups in total. The lowest BCUT2D eigenvalue weighted by Crippen LogP contribution is -2.17. The second kappa shape index (κ2) is 3.34. The SMILES string of the molecule is Cc1cccc2c1C(C)OC2C(C)(C)C. The zero-order valence-corrected chi connectivity index (χ0v) is 10.3. The van der Waals surface area contributed by atoms with Crippen molar-refractivity contribution in [3.05, 3.63) is 34.9 Å². The van der Waals surface area contributed by atoms with Crippen LogP contribution in [0, 0.1) is 12.3 Å². The molecule has 0 aliphatic carbocycles. The summed E-state index contributed by atoms with van der Waals surface area (Å²) < 4.78 is 6.08. The van der Waals surface area contributed by atoms with Crippen LogP contribution in [-0.2, 0) is 4.74 Å². The van der Waals surface area contributed by atoms with Crippen LogP contribution in [0.1, 0.15) is 56.6 Å². The molecule has 0 radical (unpaired) electrons. The van der Waals surface area contributed by atoms with E-state index in [9.17, 15) is 0 Å². The molecule has 0 saturated carbocycles. The van der Waals surface area contributed by atoms with Crippen LogP contribution in [-0.4, -0.2) is 0 Å². The summed E-state index contributed by atoms with van der Waals surface area (Å²) in [4.78, 5) is 0. The molecule has 1 aliphatic rings. The Morgan fingerprint density at radius 1 is 1.20 bits per heavy atom. The molecule has 1 aliphatic heterocycles. The second-order valence-corrected chi connectivity index (χ2v) is 5.60. The van der Waals surface area contributed by atoms with Gasteiger partial charge in [0.2, 0.25) is 0 Å². The van der Waals surface area contributed by atoms with Gasteiger partial charge in [0.25, 0.3) is 0 Å². The zero-order valence-electron chi connectivity index (χ0n) is 10.3. The molecular weight excluding hydrogens is 184 g/mol. The van der Waals surface area contributed by atoms with Gasteiger partial charge < -0.3 is 4.74 Å². The van der Waals surface area contributed by atoms with E-state index in [1.807, 2.05) is 0 Å². The summed E-state index contributed by atoms with van der Waals surface area (Å²) in [7, 11) is 0. The van der Waals surface area contributed by atoms with Crippen LogP contribution in [0.3, 0.4) is 0 Å².